The number of nitrogens with one attached hydrogen (secondary N) is 1. The van der Waals surface area contributed by atoms with E-state index < -0.39 is 0 Å². The molecule has 5 heteroatoms. The third-order valence-electron chi connectivity index (χ3n) is 3.60. The topological polar surface area (TPSA) is 50.8 Å². The van der Waals surface area contributed by atoms with Gasteiger partial charge < -0.3 is 19.7 Å². The molecule has 1 aromatic carbocycles. The van der Waals surface area contributed by atoms with Gasteiger partial charge in [-0.2, -0.15) is 0 Å². The van der Waals surface area contributed by atoms with Crippen LogP contribution in [-0.2, 0) is 11.3 Å². The lowest BCUT2D eigenvalue weighted by atomic mass is 10.1. The van der Waals surface area contributed by atoms with Gasteiger partial charge in [-0.25, -0.2) is 0 Å². The van der Waals surface area contributed by atoms with E-state index in [2.05, 4.69) is 5.32 Å². The molecule has 0 spiro atoms. The normalized spacial score (nSPS) is 17.9. The van der Waals surface area contributed by atoms with Crippen LogP contribution in [0.2, 0.25) is 0 Å². The van der Waals surface area contributed by atoms with Crippen molar-refractivity contribution in [1.82, 2.24) is 10.2 Å². The van der Waals surface area contributed by atoms with Crippen LogP contribution in [0.4, 0.5) is 0 Å². The minimum absolute atomic E-state index is 0.0276. The van der Waals surface area contributed by atoms with Gasteiger partial charge in [-0.3, -0.25) is 4.79 Å². The predicted molar refractivity (Wildman–Crippen MR) is 77.0 cm³/mol. The average Bonchev–Trinajstić information content (AvgIpc) is 3.00. The molecular weight excluding hydrogens is 256 g/mol. The van der Waals surface area contributed by atoms with Crippen LogP contribution in [-0.4, -0.2) is 44.7 Å². The third-order valence-corrected chi connectivity index (χ3v) is 3.60. The van der Waals surface area contributed by atoms with Gasteiger partial charge in [0.2, 0.25) is 5.91 Å². The van der Waals surface area contributed by atoms with Crippen LogP contribution < -0.4 is 14.8 Å². The zero-order valence-corrected chi connectivity index (χ0v) is 12.3. The molecule has 0 bridgehead atoms. The second kappa shape index (κ2) is 6.61. The molecule has 0 aliphatic carbocycles. The zero-order chi connectivity index (χ0) is 14.5. The maximum atomic E-state index is 12.2. The summed E-state index contributed by atoms with van der Waals surface area (Å²) < 4.78 is 10.5. The van der Waals surface area contributed by atoms with E-state index in [9.17, 15) is 4.79 Å². The van der Waals surface area contributed by atoms with Crippen molar-refractivity contribution < 1.29 is 14.3 Å². The number of carbonyl (C=O) groups is 1. The zero-order valence-electron chi connectivity index (χ0n) is 12.3. The minimum Gasteiger partial charge on any atom is -0.493 e. The molecule has 20 heavy (non-hydrogen) atoms. The molecule has 1 atom stereocenters. The highest BCUT2D eigenvalue weighted by molar-refractivity contribution is 5.81. The number of amides is 1. The predicted octanol–water partition coefficient (Wildman–Crippen LogP) is 1.41. The van der Waals surface area contributed by atoms with E-state index in [1.807, 2.05) is 25.2 Å². The lowest BCUT2D eigenvalue weighted by Gasteiger charge is -2.21. The lowest BCUT2D eigenvalue weighted by molar-refractivity contribution is -0.132. The van der Waals surface area contributed by atoms with Crippen LogP contribution in [0.15, 0.2) is 18.2 Å². The summed E-state index contributed by atoms with van der Waals surface area (Å²) in [6, 6.07) is 5.69. The van der Waals surface area contributed by atoms with Gasteiger partial charge in [-0.1, -0.05) is 6.07 Å². The van der Waals surface area contributed by atoms with E-state index in [0.29, 0.717) is 18.0 Å². The molecule has 5 nitrogen and oxygen atoms in total. The Morgan fingerprint density at radius 1 is 1.35 bits per heavy atom. The van der Waals surface area contributed by atoms with Crippen LogP contribution in [0.5, 0.6) is 11.5 Å². The number of nitrogens with zero attached hydrogens (tertiary/aromatic N) is 1. The Hall–Kier alpha value is -1.75. The number of carbonyl (C=O) groups excluding carboxylic acids is 1. The van der Waals surface area contributed by atoms with Crippen LogP contribution in [0, 0.1) is 0 Å². The summed E-state index contributed by atoms with van der Waals surface area (Å²) >= 11 is 0. The molecule has 0 aromatic heterocycles. The Balaban J connectivity index is 2.03. The molecule has 1 aliphatic heterocycles. The molecule has 1 aliphatic rings. The summed E-state index contributed by atoms with van der Waals surface area (Å²) in [5.74, 6) is 1.53. The van der Waals surface area contributed by atoms with Crippen LogP contribution in [0.1, 0.15) is 18.4 Å². The molecular formula is C15H22N2O3. The Morgan fingerprint density at radius 3 is 2.70 bits per heavy atom. The molecule has 1 saturated heterocycles. The Morgan fingerprint density at radius 2 is 2.10 bits per heavy atom. The van der Waals surface area contributed by atoms with Crippen molar-refractivity contribution >= 4 is 5.91 Å². The standard InChI is InChI=1S/C15H22N2O3/c1-17(15(18)12-5-4-8-16-12)10-11-6-7-13(19-2)14(9-11)20-3/h6-7,9,12,16H,4-5,8,10H2,1-3H3. The average molecular weight is 278 g/mol. The fourth-order valence-electron chi connectivity index (χ4n) is 2.49. The Bertz CT molecular complexity index is 470. The van der Waals surface area contributed by atoms with Gasteiger partial charge in [0.1, 0.15) is 0 Å². The molecule has 1 aromatic rings. The van der Waals surface area contributed by atoms with Gasteiger partial charge in [0.15, 0.2) is 11.5 Å². The summed E-state index contributed by atoms with van der Waals surface area (Å²) in [5, 5.41) is 3.23. The Labute approximate surface area is 119 Å². The summed E-state index contributed by atoms with van der Waals surface area (Å²) in [7, 11) is 5.05. The summed E-state index contributed by atoms with van der Waals surface area (Å²) in [4.78, 5) is 14.0. The van der Waals surface area contributed by atoms with E-state index in [0.717, 1.165) is 24.9 Å². The van der Waals surface area contributed by atoms with Crippen molar-refractivity contribution in [2.75, 3.05) is 27.8 Å². The number of hydrogen-bond acceptors (Lipinski definition) is 4. The smallest absolute Gasteiger partial charge is 0.239 e. The molecule has 0 radical (unpaired) electrons. The number of rotatable bonds is 5. The molecule has 1 unspecified atom stereocenters. The van der Waals surface area contributed by atoms with E-state index >= 15 is 0 Å². The number of hydrogen-bond donors (Lipinski definition) is 1. The first-order valence-corrected chi connectivity index (χ1v) is 6.85. The van der Waals surface area contributed by atoms with Gasteiger partial charge >= 0.3 is 0 Å². The highest BCUT2D eigenvalue weighted by atomic mass is 16.5. The van der Waals surface area contributed by atoms with Crippen LogP contribution >= 0.6 is 0 Å². The fraction of sp³-hybridized carbons (Fsp3) is 0.533. The van der Waals surface area contributed by atoms with E-state index in [4.69, 9.17) is 9.47 Å². The Kier molecular flexibility index (Phi) is 4.84. The van der Waals surface area contributed by atoms with E-state index in [1.54, 1.807) is 19.1 Å². The maximum absolute atomic E-state index is 12.2. The fourth-order valence-corrected chi connectivity index (χ4v) is 2.49. The third kappa shape index (κ3) is 3.22. The lowest BCUT2D eigenvalue weighted by Crippen LogP contribution is -2.41. The second-order valence-electron chi connectivity index (χ2n) is 5.03. The van der Waals surface area contributed by atoms with Crippen LogP contribution in [0.25, 0.3) is 0 Å². The van der Waals surface area contributed by atoms with Crippen LogP contribution in [0.3, 0.4) is 0 Å². The number of benzene rings is 1. The summed E-state index contributed by atoms with van der Waals surface area (Å²) in [5.41, 5.74) is 1.02. The SMILES string of the molecule is COc1ccc(CN(C)C(=O)C2CCCN2)cc1OC. The van der Waals surface area contributed by atoms with Crippen molar-refractivity contribution in [3.05, 3.63) is 23.8 Å². The highest BCUT2D eigenvalue weighted by Crippen LogP contribution is 2.28. The quantitative estimate of drug-likeness (QED) is 0.885. The largest absolute Gasteiger partial charge is 0.493 e. The van der Waals surface area contributed by atoms with Crippen molar-refractivity contribution in [1.29, 1.82) is 0 Å². The van der Waals surface area contributed by atoms with Crippen molar-refractivity contribution in [2.24, 2.45) is 0 Å². The monoisotopic (exact) mass is 278 g/mol. The summed E-state index contributed by atoms with van der Waals surface area (Å²) in [6.45, 7) is 1.50. The first-order chi connectivity index (χ1) is 9.65. The molecule has 1 N–H and O–H groups in total. The van der Waals surface area contributed by atoms with Crippen molar-refractivity contribution in [2.45, 2.75) is 25.4 Å². The maximum Gasteiger partial charge on any atom is 0.239 e. The van der Waals surface area contributed by atoms with Gasteiger partial charge in [0.25, 0.3) is 0 Å². The molecule has 110 valence electrons. The molecule has 1 fully saturated rings. The number of methoxy groups -OCH3 is 2. The first-order valence-electron chi connectivity index (χ1n) is 6.85. The van der Waals surface area contributed by atoms with Crippen molar-refractivity contribution in [3.8, 4) is 11.5 Å². The van der Waals surface area contributed by atoms with Gasteiger partial charge in [-0.05, 0) is 37.1 Å². The highest BCUT2D eigenvalue weighted by Gasteiger charge is 2.24. The van der Waals surface area contributed by atoms with Gasteiger partial charge in [0.05, 0.1) is 20.3 Å². The summed E-state index contributed by atoms with van der Waals surface area (Å²) in [6.07, 6.45) is 2.00. The minimum atomic E-state index is -0.0276. The molecule has 2 rings (SSSR count). The van der Waals surface area contributed by atoms with Gasteiger partial charge in [-0.15, -0.1) is 0 Å². The second-order valence-corrected chi connectivity index (χ2v) is 5.03. The molecule has 1 amide bonds. The molecule has 1 heterocycles. The first kappa shape index (κ1) is 14.7. The number of likely N-dealkylation sites (N-methyl/N-ethyl adjacent to an activating group) is 1. The number of ether oxygens (including phenoxy) is 2. The van der Waals surface area contributed by atoms with Crippen molar-refractivity contribution in [3.63, 3.8) is 0 Å². The van der Waals surface area contributed by atoms with E-state index in [-0.39, 0.29) is 11.9 Å². The van der Waals surface area contributed by atoms with Gasteiger partial charge in [0, 0.05) is 13.6 Å². The van der Waals surface area contributed by atoms with E-state index in [1.165, 1.54) is 0 Å². The molecule has 0 saturated carbocycles.